The molecule has 1 fully saturated rings. The van der Waals surface area contributed by atoms with Gasteiger partial charge in [0.05, 0.1) is 12.0 Å². The molecular weight excluding hydrogens is 695 g/mol. The van der Waals surface area contributed by atoms with Gasteiger partial charge < -0.3 is 25.4 Å². The van der Waals surface area contributed by atoms with Crippen molar-refractivity contribution in [2.75, 3.05) is 20.6 Å². The lowest BCUT2D eigenvalue weighted by Gasteiger charge is -2.37. The minimum atomic E-state index is -0.942. The molecule has 0 saturated carbocycles. The molecule has 294 valence electrons. The van der Waals surface area contributed by atoms with E-state index in [0.29, 0.717) is 16.3 Å². The van der Waals surface area contributed by atoms with Crippen LogP contribution in [-0.4, -0.2) is 94.4 Å². The van der Waals surface area contributed by atoms with Crippen molar-refractivity contribution in [2.45, 2.75) is 130 Å². The number of benzene rings is 1. The number of nitrogens with one attached hydrogen (secondary N) is 2. The van der Waals surface area contributed by atoms with Crippen molar-refractivity contribution in [1.82, 2.24) is 25.4 Å². The zero-order chi connectivity index (χ0) is 39.6. The quantitative estimate of drug-likeness (QED) is 0.160. The third-order valence-corrected chi connectivity index (χ3v) is 11.5. The van der Waals surface area contributed by atoms with Gasteiger partial charge in [-0.2, -0.15) is 0 Å². The number of esters is 1. The van der Waals surface area contributed by atoms with E-state index in [9.17, 15) is 29.1 Å². The first kappa shape index (κ1) is 43.6. The SMILES string of the molecule is CC(=O)O[C@H](C[C@H](C(C)C)N(C)C(=O)[C@@H](NC(=O)[C@H]1CCCCN1C)C(C)C)c1nc(C(=O)N[C@@H](Cc2ccccc2)C[C@H](C)C(=O)O)c(C(C)C)s1. The molecule has 2 aromatic rings. The number of carboxylic acids is 1. The average Bonchev–Trinajstić information content (AvgIpc) is 3.55. The molecule has 2 heterocycles. The molecule has 1 aliphatic rings. The van der Waals surface area contributed by atoms with Gasteiger partial charge in [0, 0.05) is 37.4 Å². The third kappa shape index (κ3) is 12.3. The number of likely N-dealkylation sites (tertiary alicyclic amines) is 1. The Morgan fingerprint density at radius 2 is 1.64 bits per heavy atom. The molecule has 6 atom stereocenters. The minimum Gasteiger partial charge on any atom is -0.481 e. The first-order valence-corrected chi connectivity index (χ1v) is 19.7. The van der Waals surface area contributed by atoms with Crippen LogP contribution < -0.4 is 10.6 Å². The molecule has 0 unspecified atom stereocenters. The van der Waals surface area contributed by atoms with Crippen molar-refractivity contribution < 1.29 is 33.8 Å². The smallest absolute Gasteiger partial charge is 0.306 e. The number of amides is 3. The van der Waals surface area contributed by atoms with Gasteiger partial charge in [0.25, 0.3) is 5.91 Å². The van der Waals surface area contributed by atoms with E-state index in [1.807, 2.05) is 83.8 Å². The number of carbonyl (C=O) groups excluding carboxylic acids is 4. The molecule has 13 heteroatoms. The summed E-state index contributed by atoms with van der Waals surface area (Å²) in [7, 11) is 3.66. The van der Waals surface area contributed by atoms with Crippen LogP contribution in [0.5, 0.6) is 0 Å². The van der Waals surface area contributed by atoms with Crippen molar-refractivity contribution in [3.63, 3.8) is 0 Å². The predicted molar refractivity (Wildman–Crippen MR) is 207 cm³/mol. The molecule has 1 saturated heterocycles. The summed E-state index contributed by atoms with van der Waals surface area (Å²) in [5.41, 5.74) is 1.17. The number of rotatable bonds is 18. The van der Waals surface area contributed by atoms with Crippen LogP contribution in [0.2, 0.25) is 0 Å². The maximum Gasteiger partial charge on any atom is 0.306 e. The van der Waals surface area contributed by atoms with Crippen molar-refractivity contribution in [2.24, 2.45) is 17.8 Å². The topological polar surface area (TPSA) is 158 Å². The van der Waals surface area contributed by atoms with Gasteiger partial charge in [-0.3, -0.25) is 28.9 Å². The molecule has 12 nitrogen and oxygen atoms in total. The van der Waals surface area contributed by atoms with Gasteiger partial charge in [0.1, 0.15) is 16.7 Å². The number of ether oxygens (including phenoxy) is 1. The number of carboxylic acid groups (broad SMARTS) is 1. The lowest BCUT2D eigenvalue weighted by Crippen LogP contribution is -2.57. The molecule has 0 aliphatic carbocycles. The lowest BCUT2D eigenvalue weighted by molar-refractivity contribution is -0.149. The van der Waals surface area contributed by atoms with Crippen LogP contribution in [0.3, 0.4) is 0 Å². The van der Waals surface area contributed by atoms with E-state index in [0.717, 1.165) is 31.4 Å². The summed E-state index contributed by atoms with van der Waals surface area (Å²) in [6.45, 7) is 15.5. The largest absolute Gasteiger partial charge is 0.481 e. The van der Waals surface area contributed by atoms with E-state index in [2.05, 4.69) is 10.6 Å². The summed E-state index contributed by atoms with van der Waals surface area (Å²) >= 11 is 1.30. The predicted octanol–water partition coefficient (Wildman–Crippen LogP) is 5.82. The summed E-state index contributed by atoms with van der Waals surface area (Å²) in [5, 5.41) is 16.2. The van der Waals surface area contributed by atoms with E-state index in [1.54, 1.807) is 18.9 Å². The van der Waals surface area contributed by atoms with E-state index in [-0.39, 0.29) is 54.1 Å². The minimum absolute atomic E-state index is 0.0581. The van der Waals surface area contributed by atoms with Crippen LogP contribution in [0.4, 0.5) is 0 Å². The highest BCUT2D eigenvalue weighted by Gasteiger charge is 2.37. The molecule has 3 rings (SSSR count). The fourth-order valence-corrected chi connectivity index (χ4v) is 8.07. The third-order valence-electron chi connectivity index (χ3n) is 10.1. The summed E-state index contributed by atoms with van der Waals surface area (Å²) in [6.07, 6.45) is 2.80. The summed E-state index contributed by atoms with van der Waals surface area (Å²) in [5.74, 6) is -3.26. The first-order valence-electron chi connectivity index (χ1n) is 18.9. The van der Waals surface area contributed by atoms with Gasteiger partial charge in [0.15, 0.2) is 6.10 Å². The number of aliphatic carboxylic acids is 1. The Morgan fingerprint density at radius 3 is 2.19 bits per heavy atom. The van der Waals surface area contributed by atoms with Crippen LogP contribution in [-0.2, 0) is 30.3 Å². The summed E-state index contributed by atoms with van der Waals surface area (Å²) in [4.78, 5) is 74.9. The summed E-state index contributed by atoms with van der Waals surface area (Å²) in [6, 6.07) is 7.68. The van der Waals surface area contributed by atoms with Crippen LogP contribution in [0.25, 0.3) is 0 Å². The van der Waals surface area contributed by atoms with E-state index >= 15 is 0 Å². The number of carbonyl (C=O) groups is 5. The number of likely N-dealkylation sites (N-methyl/N-ethyl adjacent to an activating group) is 2. The Kier molecular flexibility index (Phi) is 16.4. The molecule has 1 aromatic carbocycles. The maximum absolute atomic E-state index is 14.1. The highest BCUT2D eigenvalue weighted by Crippen LogP contribution is 2.36. The Labute approximate surface area is 319 Å². The van der Waals surface area contributed by atoms with Gasteiger partial charge in [0.2, 0.25) is 11.8 Å². The Bertz CT molecular complexity index is 1540. The van der Waals surface area contributed by atoms with Gasteiger partial charge in [-0.15, -0.1) is 11.3 Å². The maximum atomic E-state index is 14.1. The Balaban J connectivity index is 1.91. The van der Waals surface area contributed by atoms with E-state index < -0.39 is 48.0 Å². The van der Waals surface area contributed by atoms with Crippen LogP contribution in [0.15, 0.2) is 30.3 Å². The van der Waals surface area contributed by atoms with Crippen molar-refractivity contribution in [3.8, 4) is 0 Å². The van der Waals surface area contributed by atoms with Crippen LogP contribution in [0, 0.1) is 17.8 Å². The fraction of sp³-hybridized carbons (Fsp3) is 0.650. The zero-order valence-corrected chi connectivity index (χ0v) is 34.0. The number of hydrogen-bond acceptors (Lipinski definition) is 9. The van der Waals surface area contributed by atoms with Crippen molar-refractivity contribution in [1.29, 1.82) is 0 Å². The summed E-state index contributed by atoms with van der Waals surface area (Å²) < 4.78 is 5.88. The van der Waals surface area contributed by atoms with Gasteiger partial charge in [-0.1, -0.05) is 85.2 Å². The molecule has 53 heavy (non-hydrogen) atoms. The second-order valence-electron chi connectivity index (χ2n) is 15.6. The molecule has 1 aromatic heterocycles. The van der Waals surface area contributed by atoms with Gasteiger partial charge >= 0.3 is 11.9 Å². The highest BCUT2D eigenvalue weighted by molar-refractivity contribution is 7.12. The molecule has 0 radical (unpaired) electrons. The standard InChI is InChI=1S/C40H61N5O7S/c1-23(2)31(45(10)39(49)33(24(3)4)42-36(47)30-18-14-15-19-44(30)9)22-32(52-27(8)46)38-43-34(35(53-38)25(5)6)37(48)41-29(20-26(7)40(50)51)21-28-16-12-11-13-17-28/h11-13,16-17,23-26,29-33H,14-15,18-22H2,1-10H3,(H,41,48)(H,42,47)(H,50,51)/t26-,29+,30+,31+,32+,33-/m0/s1. The second-order valence-corrected chi connectivity index (χ2v) is 16.6. The number of aromatic nitrogens is 1. The van der Waals surface area contributed by atoms with Gasteiger partial charge in [-0.25, -0.2) is 4.98 Å². The van der Waals surface area contributed by atoms with Crippen molar-refractivity contribution in [3.05, 3.63) is 51.5 Å². The second kappa shape index (κ2) is 20.0. The molecule has 0 spiro atoms. The van der Waals surface area contributed by atoms with Gasteiger partial charge in [-0.05, 0) is 62.6 Å². The molecular formula is C40H61N5O7S. The first-order chi connectivity index (χ1) is 24.9. The normalized spacial score (nSPS) is 17.9. The fourth-order valence-electron chi connectivity index (χ4n) is 6.96. The van der Waals surface area contributed by atoms with Crippen LogP contribution in [0.1, 0.15) is 125 Å². The van der Waals surface area contributed by atoms with Crippen LogP contribution >= 0.6 is 11.3 Å². The average molecular weight is 756 g/mol. The number of thiazole rings is 1. The van der Waals surface area contributed by atoms with Crippen molar-refractivity contribution >= 4 is 41.0 Å². The molecule has 3 amide bonds. The lowest BCUT2D eigenvalue weighted by atomic mass is 9.94. The monoisotopic (exact) mass is 755 g/mol. The van der Waals surface area contributed by atoms with E-state index in [1.165, 1.54) is 18.3 Å². The van der Waals surface area contributed by atoms with E-state index in [4.69, 9.17) is 9.72 Å². The number of nitrogens with zero attached hydrogens (tertiary/aromatic N) is 3. The number of hydrogen-bond donors (Lipinski definition) is 3. The number of piperidine rings is 1. The molecule has 1 aliphatic heterocycles. The highest BCUT2D eigenvalue weighted by atomic mass is 32.1. The Morgan fingerprint density at radius 1 is 0.981 bits per heavy atom. The molecule has 0 bridgehead atoms. The Hall–Kier alpha value is -3.84. The zero-order valence-electron chi connectivity index (χ0n) is 33.2. The molecule has 3 N–H and O–H groups in total.